The van der Waals surface area contributed by atoms with Gasteiger partial charge in [0, 0.05) is 0 Å². The Hall–Kier alpha value is -2.34. The van der Waals surface area contributed by atoms with E-state index in [1.807, 2.05) is 37.3 Å². The number of nitrogens with one attached hydrogen (secondary N) is 1. The van der Waals surface area contributed by atoms with Gasteiger partial charge in [-0.25, -0.2) is 8.42 Å². The summed E-state index contributed by atoms with van der Waals surface area (Å²) in [6.07, 6.45) is 4.90. The van der Waals surface area contributed by atoms with E-state index in [1.54, 1.807) is 12.1 Å². The highest BCUT2D eigenvalue weighted by atomic mass is 32.2. The lowest BCUT2D eigenvalue weighted by Gasteiger charge is -2.28. The van der Waals surface area contributed by atoms with Crippen LogP contribution in [0.5, 0.6) is 0 Å². The summed E-state index contributed by atoms with van der Waals surface area (Å²) in [5.41, 5.74) is 4.02. The number of fused-ring (bicyclic) bond motifs is 1. The fraction of sp³-hybridized carbons (Fsp3) is 0.381. The molecule has 1 aliphatic rings. The minimum Gasteiger partial charge on any atom is -0.348 e. The van der Waals surface area contributed by atoms with Crippen LogP contribution in [0.4, 0.5) is 5.69 Å². The van der Waals surface area contributed by atoms with Crippen molar-refractivity contribution < 1.29 is 13.2 Å². The van der Waals surface area contributed by atoms with Crippen LogP contribution in [0.2, 0.25) is 0 Å². The van der Waals surface area contributed by atoms with Gasteiger partial charge in [0.15, 0.2) is 0 Å². The standard InChI is InChI=1S/C21H26N2O3S/c1-3-16-11-13-18(14-12-16)23(27(2,25)26)15-21(24)22-20-10-6-8-17-7-4-5-9-19(17)20/h4-5,7,9,11-14,20H,3,6,8,10,15H2,1-2H3,(H,22,24)/t20-/m0/s1. The summed E-state index contributed by atoms with van der Waals surface area (Å²) in [4.78, 5) is 12.7. The molecule has 2 aromatic rings. The van der Waals surface area contributed by atoms with Crippen molar-refractivity contribution in [3.63, 3.8) is 0 Å². The number of benzene rings is 2. The Balaban J connectivity index is 1.76. The van der Waals surface area contributed by atoms with Crippen molar-refractivity contribution >= 4 is 21.6 Å². The molecule has 5 nitrogen and oxygen atoms in total. The predicted molar refractivity (Wildman–Crippen MR) is 108 cm³/mol. The lowest BCUT2D eigenvalue weighted by atomic mass is 9.88. The van der Waals surface area contributed by atoms with E-state index in [2.05, 4.69) is 11.4 Å². The number of nitrogens with zero attached hydrogens (tertiary/aromatic N) is 1. The third kappa shape index (κ3) is 4.69. The van der Waals surface area contributed by atoms with E-state index >= 15 is 0 Å². The van der Waals surface area contributed by atoms with E-state index in [4.69, 9.17) is 0 Å². The first-order valence-corrected chi connectivity index (χ1v) is 11.2. The van der Waals surface area contributed by atoms with Gasteiger partial charge in [0.05, 0.1) is 18.0 Å². The van der Waals surface area contributed by atoms with Crippen LogP contribution in [0.3, 0.4) is 0 Å². The molecular formula is C21H26N2O3S. The number of aryl methyl sites for hydroxylation is 2. The van der Waals surface area contributed by atoms with Gasteiger partial charge in [-0.1, -0.05) is 43.3 Å². The average Bonchev–Trinajstić information content (AvgIpc) is 2.66. The molecule has 3 rings (SSSR count). The van der Waals surface area contributed by atoms with Gasteiger partial charge >= 0.3 is 0 Å². The van der Waals surface area contributed by atoms with E-state index in [0.29, 0.717) is 5.69 Å². The zero-order valence-electron chi connectivity index (χ0n) is 15.8. The third-order valence-corrected chi connectivity index (χ3v) is 6.17. The number of rotatable bonds is 6. The van der Waals surface area contributed by atoms with Crippen LogP contribution in [0, 0.1) is 0 Å². The first-order valence-electron chi connectivity index (χ1n) is 9.32. The van der Waals surface area contributed by atoms with E-state index < -0.39 is 10.0 Å². The number of hydrogen-bond donors (Lipinski definition) is 1. The Morgan fingerprint density at radius 2 is 1.85 bits per heavy atom. The summed E-state index contributed by atoms with van der Waals surface area (Å²) >= 11 is 0. The van der Waals surface area contributed by atoms with Crippen molar-refractivity contribution in [3.05, 3.63) is 65.2 Å². The van der Waals surface area contributed by atoms with E-state index in [9.17, 15) is 13.2 Å². The highest BCUT2D eigenvalue weighted by Crippen LogP contribution is 2.29. The maximum atomic E-state index is 12.7. The lowest BCUT2D eigenvalue weighted by Crippen LogP contribution is -2.42. The monoisotopic (exact) mass is 386 g/mol. The molecule has 0 saturated carbocycles. The second-order valence-corrected chi connectivity index (χ2v) is 8.91. The van der Waals surface area contributed by atoms with Crippen LogP contribution in [-0.4, -0.2) is 27.1 Å². The first-order chi connectivity index (χ1) is 12.9. The van der Waals surface area contributed by atoms with Crippen molar-refractivity contribution in [2.24, 2.45) is 0 Å². The summed E-state index contributed by atoms with van der Waals surface area (Å²) in [6, 6.07) is 15.3. The molecule has 0 aliphatic heterocycles. The van der Waals surface area contributed by atoms with Crippen LogP contribution in [-0.2, 0) is 27.7 Å². The molecule has 2 aromatic carbocycles. The SMILES string of the molecule is CCc1ccc(N(CC(=O)N[C@H]2CCCc3ccccc32)S(C)(=O)=O)cc1. The Bertz CT molecular complexity index is 907. The molecule has 6 heteroatoms. The Kier molecular flexibility index (Phi) is 5.85. The molecule has 0 aromatic heterocycles. The first kappa shape index (κ1) is 19.4. The zero-order valence-corrected chi connectivity index (χ0v) is 16.6. The number of carbonyl (C=O) groups excluding carboxylic acids is 1. The molecule has 1 amide bonds. The largest absolute Gasteiger partial charge is 0.348 e. The molecule has 1 aliphatic carbocycles. The summed E-state index contributed by atoms with van der Waals surface area (Å²) in [5, 5.41) is 3.02. The van der Waals surface area contributed by atoms with Crippen LogP contribution in [0.25, 0.3) is 0 Å². The average molecular weight is 387 g/mol. The minimum atomic E-state index is -3.56. The smallest absolute Gasteiger partial charge is 0.241 e. The van der Waals surface area contributed by atoms with E-state index in [0.717, 1.165) is 47.4 Å². The van der Waals surface area contributed by atoms with Gasteiger partial charge in [-0.3, -0.25) is 9.10 Å². The molecule has 0 fully saturated rings. The molecule has 0 unspecified atom stereocenters. The fourth-order valence-electron chi connectivity index (χ4n) is 3.57. The predicted octanol–water partition coefficient (Wildman–Crippen LogP) is 3.21. The van der Waals surface area contributed by atoms with Crippen LogP contribution < -0.4 is 9.62 Å². The number of carbonyl (C=O) groups is 1. The maximum Gasteiger partial charge on any atom is 0.241 e. The highest BCUT2D eigenvalue weighted by Gasteiger charge is 2.25. The fourth-order valence-corrected chi connectivity index (χ4v) is 4.43. The summed E-state index contributed by atoms with van der Waals surface area (Å²) < 4.78 is 25.7. The highest BCUT2D eigenvalue weighted by molar-refractivity contribution is 7.92. The molecule has 1 N–H and O–H groups in total. The van der Waals surface area contributed by atoms with Gasteiger partial charge in [0.2, 0.25) is 15.9 Å². The van der Waals surface area contributed by atoms with Crippen molar-refractivity contribution in [1.82, 2.24) is 5.32 Å². The van der Waals surface area contributed by atoms with Crippen LogP contribution >= 0.6 is 0 Å². The minimum absolute atomic E-state index is 0.0636. The van der Waals surface area contributed by atoms with Gasteiger partial charge < -0.3 is 5.32 Å². The molecule has 0 saturated heterocycles. The summed E-state index contributed by atoms with van der Waals surface area (Å²) in [7, 11) is -3.56. The number of anilines is 1. The van der Waals surface area contributed by atoms with Crippen molar-refractivity contribution in [1.29, 1.82) is 0 Å². The number of hydrogen-bond acceptors (Lipinski definition) is 3. The quantitative estimate of drug-likeness (QED) is 0.829. The molecule has 0 heterocycles. The molecule has 0 bridgehead atoms. The summed E-state index contributed by atoms with van der Waals surface area (Å²) in [6.45, 7) is 1.82. The van der Waals surface area contributed by atoms with E-state index in [-0.39, 0.29) is 18.5 Å². The van der Waals surface area contributed by atoms with Crippen molar-refractivity contribution in [2.45, 2.75) is 38.6 Å². The zero-order chi connectivity index (χ0) is 19.4. The van der Waals surface area contributed by atoms with Crippen molar-refractivity contribution in [3.8, 4) is 0 Å². The molecule has 0 radical (unpaired) electrons. The second kappa shape index (κ2) is 8.13. The van der Waals surface area contributed by atoms with Gasteiger partial charge in [-0.05, 0) is 54.5 Å². The van der Waals surface area contributed by atoms with Crippen LogP contribution in [0.1, 0.15) is 42.5 Å². The molecular weight excluding hydrogens is 360 g/mol. The van der Waals surface area contributed by atoms with Gasteiger partial charge in [0.25, 0.3) is 0 Å². The van der Waals surface area contributed by atoms with Gasteiger partial charge in [-0.15, -0.1) is 0 Å². The molecule has 0 spiro atoms. The van der Waals surface area contributed by atoms with E-state index in [1.165, 1.54) is 5.56 Å². The molecule has 1 atom stereocenters. The normalized spacial score (nSPS) is 16.4. The third-order valence-electron chi connectivity index (χ3n) is 5.02. The lowest BCUT2D eigenvalue weighted by molar-refractivity contribution is -0.120. The topological polar surface area (TPSA) is 66.5 Å². The Labute approximate surface area is 161 Å². The van der Waals surface area contributed by atoms with Gasteiger partial charge in [0.1, 0.15) is 6.54 Å². The molecule has 27 heavy (non-hydrogen) atoms. The second-order valence-electron chi connectivity index (χ2n) is 7.00. The number of sulfonamides is 1. The Morgan fingerprint density at radius 1 is 1.15 bits per heavy atom. The Morgan fingerprint density at radius 3 is 2.52 bits per heavy atom. The van der Waals surface area contributed by atoms with Crippen LogP contribution in [0.15, 0.2) is 48.5 Å². The van der Waals surface area contributed by atoms with Gasteiger partial charge in [-0.2, -0.15) is 0 Å². The number of amides is 1. The molecule has 144 valence electrons. The van der Waals surface area contributed by atoms with Crippen molar-refractivity contribution in [2.75, 3.05) is 17.1 Å². The maximum absolute atomic E-state index is 12.7. The summed E-state index contributed by atoms with van der Waals surface area (Å²) in [5.74, 6) is -0.290.